The number of benzene rings is 1. The summed E-state index contributed by atoms with van der Waals surface area (Å²) < 4.78 is 5.74. The molecule has 20 heavy (non-hydrogen) atoms. The third kappa shape index (κ3) is 2.03. The van der Waals surface area contributed by atoms with Crippen LogP contribution >= 0.6 is 0 Å². The molecule has 4 nitrogen and oxygen atoms in total. The minimum atomic E-state index is -1.16. The predicted octanol–water partition coefficient (Wildman–Crippen LogP) is 2.31. The van der Waals surface area contributed by atoms with Crippen molar-refractivity contribution in [2.24, 2.45) is 5.41 Å². The molecule has 0 aliphatic carbocycles. The number of fused-ring (bicyclic) bond motifs is 2. The summed E-state index contributed by atoms with van der Waals surface area (Å²) in [7, 11) is 0. The van der Waals surface area contributed by atoms with E-state index in [-0.39, 0.29) is 18.6 Å². The van der Waals surface area contributed by atoms with Crippen molar-refractivity contribution in [3.63, 3.8) is 0 Å². The molecule has 4 unspecified atom stereocenters. The van der Waals surface area contributed by atoms with E-state index in [1.165, 1.54) is 0 Å². The van der Waals surface area contributed by atoms with Crippen molar-refractivity contribution in [3.8, 4) is 0 Å². The first-order valence-corrected chi connectivity index (χ1v) is 7.11. The topological polar surface area (TPSA) is 66.8 Å². The van der Waals surface area contributed by atoms with E-state index in [2.05, 4.69) is 0 Å². The van der Waals surface area contributed by atoms with Crippen molar-refractivity contribution in [1.82, 2.24) is 0 Å². The molecule has 0 aromatic heterocycles. The second-order valence-electron chi connectivity index (χ2n) is 6.31. The molecule has 2 saturated heterocycles. The van der Waals surface area contributed by atoms with Crippen molar-refractivity contribution in [1.29, 1.82) is 0 Å². The summed E-state index contributed by atoms with van der Waals surface area (Å²) in [5.41, 5.74) is -1.36. The lowest BCUT2D eigenvalue weighted by Gasteiger charge is -2.37. The van der Waals surface area contributed by atoms with E-state index in [0.717, 1.165) is 18.4 Å². The molecule has 0 saturated carbocycles. The maximum absolute atomic E-state index is 11.8. The van der Waals surface area contributed by atoms with Crippen LogP contribution in [0.2, 0.25) is 0 Å². The summed E-state index contributed by atoms with van der Waals surface area (Å²) in [6, 6.07) is 9.27. The first-order valence-electron chi connectivity index (χ1n) is 7.11. The smallest absolute Gasteiger partial charge is 0.312 e. The van der Waals surface area contributed by atoms with Crippen LogP contribution in [-0.2, 0) is 15.1 Å². The zero-order valence-corrected chi connectivity index (χ0v) is 11.6. The van der Waals surface area contributed by atoms with E-state index in [1.54, 1.807) is 6.92 Å². The predicted molar refractivity (Wildman–Crippen MR) is 73.2 cm³/mol. The average molecular weight is 276 g/mol. The number of aliphatic carboxylic acids is 1. The van der Waals surface area contributed by atoms with Crippen LogP contribution in [0.3, 0.4) is 0 Å². The standard InChI is InChI=1S/C16H20O4/c1-15(19,11-5-3-2-4-6-11)10-16(14(17)18)9-12-7-8-13(16)20-12/h2-6,12-13,19H,7-10H2,1H3,(H,17,18). The van der Waals surface area contributed by atoms with Gasteiger partial charge in [-0.25, -0.2) is 0 Å². The molecule has 2 heterocycles. The van der Waals surface area contributed by atoms with Crippen LogP contribution < -0.4 is 0 Å². The van der Waals surface area contributed by atoms with Crippen LogP contribution in [-0.4, -0.2) is 28.4 Å². The number of ether oxygens (including phenoxy) is 1. The summed E-state index contributed by atoms with van der Waals surface area (Å²) >= 11 is 0. The van der Waals surface area contributed by atoms with E-state index >= 15 is 0 Å². The van der Waals surface area contributed by atoms with Crippen molar-refractivity contribution in [2.45, 2.75) is 50.4 Å². The molecular weight excluding hydrogens is 256 g/mol. The van der Waals surface area contributed by atoms with Gasteiger partial charge in [-0.3, -0.25) is 4.79 Å². The first-order chi connectivity index (χ1) is 9.44. The third-order valence-corrected chi connectivity index (χ3v) is 4.80. The highest BCUT2D eigenvalue weighted by atomic mass is 16.5. The molecule has 1 aromatic rings. The Morgan fingerprint density at radius 2 is 2.10 bits per heavy atom. The Hall–Kier alpha value is -1.39. The Kier molecular flexibility index (Phi) is 3.10. The molecule has 2 N–H and O–H groups in total. The zero-order valence-electron chi connectivity index (χ0n) is 11.6. The van der Waals surface area contributed by atoms with Gasteiger partial charge in [0.05, 0.1) is 23.2 Å². The summed E-state index contributed by atoms with van der Waals surface area (Å²) in [6.45, 7) is 1.69. The van der Waals surface area contributed by atoms with Gasteiger partial charge in [-0.1, -0.05) is 30.3 Å². The number of hydrogen-bond donors (Lipinski definition) is 2. The number of rotatable bonds is 4. The van der Waals surface area contributed by atoms with Crippen LogP contribution in [0.4, 0.5) is 0 Å². The molecule has 2 aliphatic heterocycles. The Bertz CT molecular complexity index is 510. The minimum Gasteiger partial charge on any atom is -0.481 e. The number of hydrogen-bond acceptors (Lipinski definition) is 3. The first kappa shape index (κ1) is 13.6. The fourth-order valence-electron chi connectivity index (χ4n) is 3.80. The van der Waals surface area contributed by atoms with Gasteiger partial charge in [0, 0.05) is 0 Å². The second kappa shape index (κ2) is 4.57. The van der Waals surface area contributed by atoms with Crippen LogP contribution in [0.25, 0.3) is 0 Å². The van der Waals surface area contributed by atoms with Gasteiger partial charge in [0.2, 0.25) is 0 Å². The molecule has 2 fully saturated rings. The molecular formula is C16H20O4. The highest BCUT2D eigenvalue weighted by molar-refractivity contribution is 5.76. The summed E-state index contributed by atoms with van der Waals surface area (Å²) in [6.07, 6.45) is 2.20. The summed E-state index contributed by atoms with van der Waals surface area (Å²) in [5, 5.41) is 20.5. The van der Waals surface area contributed by atoms with Crippen molar-refractivity contribution >= 4 is 5.97 Å². The van der Waals surface area contributed by atoms with E-state index in [4.69, 9.17) is 4.74 Å². The second-order valence-corrected chi connectivity index (χ2v) is 6.31. The molecule has 3 rings (SSSR count). The van der Waals surface area contributed by atoms with E-state index in [9.17, 15) is 15.0 Å². The number of carboxylic acids is 1. The third-order valence-electron chi connectivity index (χ3n) is 4.80. The van der Waals surface area contributed by atoms with Gasteiger partial charge in [-0.2, -0.15) is 0 Å². The number of aliphatic hydroxyl groups is 1. The highest BCUT2D eigenvalue weighted by Crippen LogP contribution is 2.53. The van der Waals surface area contributed by atoms with Gasteiger partial charge in [0.1, 0.15) is 0 Å². The Morgan fingerprint density at radius 3 is 2.60 bits per heavy atom. The molecule has 2 aliphatic rings. The monoisotopic (exact) mass is 276 g/mol. The fraction of sp³-hybridized carbons (Fsp3) is 0.562. The SMILES string of the molecule is CC(O)(CC1(C(=O)O)CC2CCC1O2)c1ccccc1. The lowest BCUT2D eigenvalue weighted by Crippen LogP contribution is -2.45. The Labute approximate surface area is 118 Å². The molecule has 1 aromatic carbocycles. The lowest BCUT2D eigenvalue weighted by molar-refractivity contribution is -0.158. The minimum absolute atomic E-state index is 0.0441. The normalized spacial score (nSPS) is 34.9. The van der Waals surface area contributed by atoms with Gasteiger partial charge < -0.3 is 14.9 Å². The van der Waals surface area contributed by atoms with E-state index < -0.39 is 17.0 Å². The van der Waals surface area contributed by atoms with Crippen molar-refractivity contribution in [3.05, 3.63) is 35.9 Å². The molecule has 4 atom stereocenters. The summed E-state index contributed by atoms with van der Waals surface area (Å²) in [5.74, 6) is -0.846. The summed E-state index contributed by atoms with van der Waals surface area (Å²) in [4.78, 5) is 11.8. The van der Waals surface area contributed by atoms with Crippen LogP contribution in [0.5, 0.6) is 0 Å². The molecule has 2 bridgehead atoms. The van der Waals surface area contributed by atoms with Crippen LogP contribution in [0, 0.1) is 5.41 Å². The number of carboxylic acid groups (broad SMARTS) is 1. The van der Waals surface area contributed by atoms with Gasteiger partial charge in [-0.15, -0.1) is 0 Å². The van der Waals surface area contributed by atoms with Gasteiger partial charge >= 0.3 is 5.97 Å². The van der Waals surface area contributed by atoms with Gasteiger partial charge in [-0.05, 0) is 38.2 Å². The largest absolute Gasteiger partial charge is 0.481 e. The maximum Gasteiger partial charge on any atom is 0.312 e. The Morgan fingerprint density at radius 1 is 1.40 bits per heavy atom. The fourth-order valence-corrected chi connectivity index (χ4v) is 3.80. The van der Waals surface area contributed by atoms with Gasteiger partial charge in [0.15, 0.2) is 0 Å². The Balaban J connectivity index is 1.90. The lowest BCUT2D eigenvalue weighted by atomic mass is 9.67. The van der Waals surface area contributed by atoms with Crippen LogP contribution in [0.15, 0.2) is 30.3 Å². The van der Waals surface area contributed by atoms with E-state index in [1.807, 2.05) is 30.3 Å². The zero-order chi connectivity index (χ0) is 14.4. The quantitative estimate of drug-likeness (QED) is 0.885. The molecule has 0 spiro atoms. The molecule has 0 amide bonds. The number of carbonyl (C=O) groups is 1. The van der Waals surface area contributed by atoms with Crippen LogP contribution in [0.1, 0.15) is 38.2 Å². The average Bonchev–Trinajstić information content (AvgIpc) is 3.00. The molecule has 0 radical (unpaired) electrons. The van der Waals surface area contributed by atoms with E-state index in [0.29, 0.717) is 6.42 Å². The van der Waals surface area contributed by atoms with Crippen molar-refractivity contribution < 1.29 is 19.7 Å². The molecule has 108 valence electrons. The highest BCUT2D eigenvalue weighted by Gasteiger charge is 2.59. The van der Waals surface area contributed by atoms with Gasteiger partial charge in [0.25, 0.3) is 0 Å². The maximum atomic E-state index is 11.8. The molecule has 4 heteroatoms. The van der Waals surface area contributed by atoms with Crippen molar-refractivity contribution in [2.75, 3.05) is 0 Å².